The monoisotopic (exact) mass is 365 g/mol. The summed E-state index contributed by atoms with van der Waals surface area (Å²) >= 11 is 6.14. The molecule has 1 atom stereocenters. The van der Waals surface area contributed by atoms with Crippen LogP contribution in [0, 0.1) is 0 Å². The molecule has 7 heteroatoms. The number of nitrogens with one attached hydrogen (secondary N) is 3. The fraction of sp³-hybridized carbons (Fsp3) is 0.556. The van der Waals surface area contributed by atoms with Crippen LogP contribution in [0.25, 0.3) is 0 Å². The Morgan fingerprint density at radius 3 is 2.76 bits per heavy atom. The number of ether oxygens (including phenoxy) is 1. The minimum Gasteiger partial charge on any atom is -0.373 e. The lowest BCUT2D eigenvalue weighted by Gasteiger charge is -2.21. The van der Waals surface area contributed by atoms with Crippen LogP contribution >= 0.6 is 11.6 Å². The van der Waals surface area contributed by atoms with Crippen molar-refractivity contribution < 1.29 is 14.3 Å². The highest BCUT2D eigenvalue weighted by Crippen LogP contribution is 2.40. The normalized spacial score (nSPS) is 21.3. The Kier molecular flexibility index (Phi) is 5.49. The minimum atomic E-state index is -0.287. The quantitative estimate of drug-likeness (QED) is 0.765. The largest absolute Gasteiger partial charge is 0.373 e. The van der Waals surface area contributed by atoms with E-state index in [-0.39, 0.29) is 23.6 Å². The van der Waals surface area contributed by atoms with Gasteiger partial charge in [0.25, 0.3) is 5.91 Å². The van der Waals surface area contributed by atoms with Gasteiger partial charge in [0.1, 0.15) is 0 Å². The number of urea groups is 1. The molecule has 1 spiro atoms. The topological polar surface area (TPSA) is 79.5 Å². The van der Waals surface area contributed by atoms with Crippen LogP contribution in [0.3, 0.4) is 0 Å². The molecule has 1 saturated heterocycles. The highest BCUT2D eigenvalue weighted by atomic mass is 35.5. The predicted molar refractivity (Wildman–Crippen MR) is 97.2 cm³/mol. The maximum atomic E-state index is 12.2. The van der Waals surface area contributed by atoms with Crippen molar-refractivity contribution in [3.05, 3.63) is 28.8 Å². The first-order valence-electron chi connectivity index (χ1n) is 8.80. The molecule has 25 heavy (non-hydrogen) atoms. The van der Waals surface area contributed by atoms with E-state index in [9.17, 15) is 9.59 Å². The third-order valence-electron chi connectivity index (χ3n) is 4.87. The molecule has 1 saturated carbocycles. The van der Waals surface area contributed by atoms with E-state index >= 15 is 0 Å². The lowest BCUT2D eigenvalue weighted by atomic mass is 9.96. The highest BCUT2D eigenvalue weighted by molar-refractivity contribution is 6.34. The molecule has 136 valence electrons. The summed E-state index contributed by atoms with van der Waals surface area (Å²) in [6, 6.07) is 4.60. The molecule has 0 unspecified atom stereocenters. The highest BCUT2D eigenvalue weighted by Gasteiger charge is 2.42. The Bertz CT molecular complexity index is 659. The molecular formula is C18H24ClN3O3. The number of halogens is 1. The van der Waals surface area contributed by atoms with Gasteiger partial charge >= 0.3 is 6.03 Å². The summed E-state index contributed by atoms with van der Waals surface area (Å²) in [7, 11) is 0. The second-order valence-corrected chi connectivity index (χ2v) is 7.16. The first-order chi connectivity index (χ1) is 12.0. The van der Waals surface area contributed by atoms with Gasteiger partial charge in [-0.3, -0.25) is 4.79 Å². The molecule has 1 aromatic rings. The summed E-state index contributed by atoms with van der Waals surface area (Å²) in [5.41, 5.74) is 0.919. The summed E-state index contributed by atoms with van der Waals surface area (Å²) < 4.78 is 5.94. The molecule has 6 nitrogen and oxygen atoms in total. The van der Waals surface area contributed by atoms with Gasteiger partial charge in [-0.05, 0) is 44.4 Å². The molecule has 1 heterocycles. The van der Waals surface area contributed by atoms with Crippen LogP contribution < -0.4 is 16.0 Å². The van der Waals surface area contributed by atoms with E-state index < -0.39 is 0 Å². The van der Waals surface area contributed by atoms with Gasteiger partial charge in [-0.25, -0.2) is 4.79 Å². The smallest absolute Gasteiger partial charge is 0.319 e. The van der Waals surface area contributed by atoms with E-state index in [1.807, 2.05) is 6.92 Å². The molecule has 3 rings (SSSR count). The zero-order valence-electron chi connectivity index (χ0n) is 14.4. The van der Waals surface area contributed by atoms with E-state index in [0.29, 0.717) is 29.4 Å². The van der Waals surface area contributed by atoms with Gasteiger partial charge in [0.05, 0.1) is 28.8 Å². The van der Waals surface area contributed by atoms with Gasteiger partial charge in [-0.2, -0.15) is 0 Å². The van der Waals surface area contributed by atoms with Crippen LogP contribution in [0.5, 0.6) is 0 Å². The number of hydrogen-bond acceptors (Lipinski definition) is 3. The van der Waals surface area contributed by atoms with Gasteiger partial charge in [0, 0.05) is 12.2 Å². The van der Waals surface area contributed by atoms with Gasteiger partial charge in [-0.1, -0.05) is 24.4 Å². The predicted octanol–water partition coefficient (Wildman–Crippen LogP) is 3.31. The Labute approximate surface area is 152 Å². The third kappa shape index (κ3) is 4.25. The van der Waals surface area contributed by atoms with Gasteiger partial charge < -0.3 is 20.7 Å². The molecular weight excluding hydrogens is 342 g/mol. The molecule has 2 fully saturated rings. The number of hydrogen-bond donors (Lipinski definition) is 3. The third-order valence-corrected chi connectivity index (χ3v) is 5.18. The van der Waals surface area contributed by atoms with Crippen LogP contribution in [-0.2, 0) is 4.74 Å². The number of amides is 3. The Balaban J connectivity index is 1.54. The molecule has 3 amide bonds. The zero-order valence-corrected chi connectivity index (χ0v) is 15.1. The number of carbonyl (C=O) groups is 2. The Morgan fingerprint density at radius 2 is 2.08 bits per heavy atom. The Morgan fingerprint density at radius 1 is 1.32 bits per heavy atom. The van der Waals surface area contributed by atoms with Crippen molar-refractivity contribution in [1.29, 1.82) is 0 Å². The van der Waals surface area contributed by atoms with Gasteiger partial charge in [0.2, 0.25) is 0 Å². The standard InChI is InChI=1S/C18H24ClN3O3/c1-2-20-16(23)14-6-5-12(9-15(14)19)21-17(24)22-13-10-18(25-11-13)7-3-4-8-18/h5-6,9,13H,2-4,7-8,10-11H2,1H3,(H,20,23)(H2,21,22,24)/t13-/m0/s1. The molecule has 1 aliphatic heterocycles. The average molecular weight is 366 g/mol. The van der Waals surface area contributed by atoms with E-state index in [2.05, 4.69) is 16.0 Å². The van der Waals surface area contributed by atoms with Crippen LogP contribution in [0.4, 0.5) is 10.5 Å². The number of rotatable bonds is 4. The second kappa shape index (κ2) is 7.62. The maximum Gasteiger partial charge on any atom is 0.319 e. The van der Waals surface area contributed by atoms with Gasteiger partial charge in [-0.15, -0.1) is 0 Å². The fourth-order valence-electron chi connectivity index (χ4n) is 3.69. The van der Waals surface area contributed by atoms with Crippen molar-refractivity contribution in [3.63, 3.8) is 0 Å². The van der Waals surface area contributed by atoms with Crippen molar-refractivity contribution in [1.82, 2.24) is 10.6 Å². The van der Waals surface area contributed by atoms with Crippen LogP contribution in [0.1, 0.15) is 49.4 Å². The zero-order chi connectivity index (χ0) is 17.9. The second-order valence-electron chi connectivity index (χ2n) is 6.75. The van der Waals surface area contributed by atoms with Crippen LogP contribution in [0.2, 0.25) is 5.02 Å². The summed E-state index contributed by atoms with van der Waals surface area (Å²) in [5, 5.41) is 8.72. The molecule has 0 aromatic heterocycles. The molecule has 2 aliphatic rings. The molecule has 0 bridgehead atoms. The van der Waals surface area contributed by atoms with Gasteiger partial charge in [0.15, 0.2) is 0 Å². The van der Waals surface area contributed by atoms with Crippen molar-refractivity contribution >= 4 is 29.2 Å². The van der Waals surface area contributed by atoms with Crippen LogP contribution in [0.15, 0.2) is 18.2 Å². The van der Waals surface area contributed by atoms with Crippen molar-refractivity contribution in [2.24, 2.45) is 0 Å². The lowest BCUT2D eigenvalue weighted by Crippen LogP contribution is -2.39. The molecule has 3 N–H and O–H groups in total. The van der Waals surface area contributed by atoms with E-state index in [1.165, 1.54) is 12.8 Å². The lowest BCUT2D eigenvalue weighted by molar-refractivity contribution is 0.00998. The van der Waals surface area contributed by atoms with E-state index in [1.54, 1.807) is 18.2 Å². The summed E-state index contributed by atoms with van der Waals surface area (Å²) in [4.78, 5) is 24.0. The molecule has 0 radical (unpaired) electrons. The van der Waals surface area contributed by atoms with E-state index in [0.717, 1.165) is 19.3 Å². The Hall–Kier alpha value is -1.79. The molecule has 1 aliphatic carbocycles. The average Bonchev–Trinajstić information content (AvgIpc) is 3.17. The van der Waals surface area contributed by atoms with Crippen molar-refractivity contribution in [3.8, 4) is 0 Å². The summed E-state index contributed by atoms with van der Waals surface area (Å²) in [6.07, 6.45) is 5.45. The fourth-order valence-corrected chi connectivity index (χ4v) is 3.96. The number of carbonyl (C=O) groups excluding carboxylic acids is 2. The first-order valence-corrected chi connectivity index (χ1v) is 9.18. The number of benzene rings is 1. The maximum absolute atomic E-state index is 12.2. The summed E-state index contributed by atoms with van der Waals surface area (Å²) in [5.74, 6) is -0.228. The van der Waals surface area contributed by atoms with E-state index in [4.69, 9.17) is 16.3 Å². The SMILES string of the molecule is CCNC(=O)c1ccc(NC(=O)N[C@@H]2COC3(CCCC3)C2)cc1Cl. The summed E-state index contributed by atoms with van der Waals surface area (Å²) in [6.45, 7) is 2.93. The first kappa shape index (κ1) is 18.0. The number of anilines is 1. The van der Waals surface area contributed by atoms with Crippen LogP contribution in [-0.4, -0.2) is 36.7 Å². The molecule has 1 aromatic carbocycles. The minimum absolute atomic E-state index is 0.0183. The van der Waals surface area contributed by atoms with Crippen molar-refractivity contribution in [2.45, 2.75) is 50.7 Å². The van der Waals surface area contributed by atoms with Crippen molar-refractivity contribution in [2.75, 3.05) is 18.5 Å².